The number of nitrogens with zero attached hydrogens (tertiary/aromatic N) is 3. The number of para-hydroxylation sites is 1. The normalized spacial score (nSPS) is 11.2. The third-order valence-corrected chi connectivity index (χ3v) is 5.46. The fourth-order valence-electron chi connectivity index (χ4n) is 3.56. The number of rotatable bonds is 12. The number of carbonyl (C=O) groups excluding carboxylic acids is 1. The summed E-state index contributed by atoms with van der Waals surface area (Å²) in [4.78, 5) is 12.6. The van der Waals surface area contributed by atoms with Crippen molar-refractivity contribution >= 4 is 12.0 Å². The number of methoxy groups -OCH3 is 1. The summed E-state index contributed by atoms with van der Waals surface area (Å²) < 4.78 is 12.6. The lowest BCUT2D eigenvalue weighted by molar-refractivity contribution is -0.117. The van der Waals surface area contributed by atoms with E-state index in [2.05, 4.69) is 12.2 Å². The smallest absolute Gasteiger partial charge is 0.261 e. The minimum Gasteiger partial charge on any atom is -0.494 e. The Morgan fingerprint density at radius 2 is 1.97 bits per heavy atom. The fourth-order valence-corrected chi connectivity index (χ4v) is 3.56. The monoisotopic (exact) mass is 472 g/mol. The molecule has 0 saturated carbocycles. The number of aromatic nitrogens is 2. The van der Waals surface area contributed by atoms with E-state index >= 15 is 0 Å². The number of unbranched alkanes of at least 4 members (excludes halogenated alkanes) is 1. The molecule has 0 aliphatic carbocycles. The second-order valence-corrected chi connectivity index (χ2v) is 8.16. The highest BCUT2D eigenvalue weighted by atomic mass is 16.5. The van der Waals surface area contributed by atoms with Gasteiger partial charge in [-0.1, -0.05) is 31.5 Å². The van der Waals surface area contributed by atoms with Gasteiger partial charge < -0.3 is 14.8 Å². The molecule has 35 heavy (non-hydrogen) atoms. The van der Waals surface area contributed by atoms with Gasteiger partial charge in [-0.3, -0.25) is 4.79 Å². The molecule has 0 atom stereocenters. The van der Waals surface area contributed by atoms with Crippen LogP contribution < -0.4 is 10.1 Å². The van der Waals surface area contributed by atoms with Crippen molar-refractivity contribution in [2.75, 3.05) is 26.9 Å². The topological polar surface area (TPSA) is 89.2 Å². The molecule has 0 saturated heterocycles. The van der Waals surface area contributed by atoms with Gasteiger partial charge in [0.2, 0.25) is 0 Å². The Kier molecular flexibility index (Phi) is 9.64. The summed E-state index contributed by atoms with van der Waals surface area (Å²) in [5.41, 5.74) is 4.18. The van der Waals surface area contributed by atoms with Crippen LogP contribution in [0.1, 0.15) is 37.3 Å². The number of carbonyl (C=O) groups is 1. The lowest BCUT2D eigenvalue weighted by Gasteiger charge is -2.10. The van der Waals surface area contributed by atoms with Crippen molar-refractivity contribution in [1.82, 2.24) is 15.1 Å². The molecule has 0 radical (unpaired) electrons. The van der Waals surface area contributed by atoms with Crippen LogP contribution in [0.15, 0.2) is 60.3 Å². The van der Waals surface area contributed by atoms with Crippen LogP contribution in [0.5, 0.6) is 5.75 Å². The average molecular weight is 473 g/mol. The molecule has 0 aliphatic heterocycles. The highest BCUT2D eigenvalue weighted by molar-refractivity contribution is 6.02. The Balaban J connectivity index is 1.98. The Hall–Kier alpha value is -3.89. The zero-order valence-corrected chi connectivity index (χ0v) is 20.6. The highest BCUT2D eigenvalue weighted by Crippen LogP contribution is 2.30. The maximum Gasteiger partial charge on any atom is 0.261 e. The fraction of sp³-hybridized carbons (Fsp3) is 0.321. The molecule has 0 aliphatic rings. The summed E-state index contributed by atoms with van der Waals surface area (Å²) in [7, 11) is 1.61. The van der Waals surface area contributed by atoms with E-state index in [-0.39, 0.29) is 5.57 Å². The molecule has 7 heteroatoms. The Morgan fingerprint density at radius 1 is 1.17 bits per heavy atom. The van der Waals surface area contributed by atoms with Gasteiger partial charge in [0.05, 0.1) is 12.3 Å². The highest BCUT2D eigenvalue weighted by Gasteiger charge is 2.16. The number of amides is 1. The molecule has 0 bridgehead atoms. The van der Waals surface area contributed by atoms with E-state index in [9.17, 15) is 10.1 Å². The van der Waals surface area contributed by atoms with Crippen LogP contribution >= 0.6 is 0 Å². The van der Waals surface area contributed by atoms with Crippen LogP contribution in [0.25, 0.3) is 23.0 Å². The van der Waals surface area contributed by atoms with Gasteiger partial charge in [0.1, 0.15) is 23.1 Å². The van der Waals surface area contributed by atoms with E-state index in [1.54, 1.807) is 17.9 Å². The molecule has 1 heterocycles. The number of benzene rings is 2. The number of nitriles is 1. The van der Waals surface area contributed by atoms with Gasteiger partial charge in [0.15, 0.2) is 0 Å². The van der Waals surface area contributed by atoms with Crippen molar-refractivity contribution in [2.45, 2.75) is 33.1 Å². The largest absolute Gasteiger partial charge is 0.494 e. The maximum absolute atomic E-state index is 12.6. The van der Waals surface area contributed by atoms with E-state index in [4.69, 9.17) is 14.6 Å². The van der Waals surface area contributed by atoms with E-state index in [0.717, 1.165) is 35.4 Å². The zero-order chi connectivity index (χ0) is 25.0. The van der Waals surface area contributed by atoms with E-state index < -0.39 is 5.91 Å². The van der Waals surface area contributed by atoms with E-state index in [1.807, 2.05) is 67.7 Å². The van der Waals surface area contributed by atoms with Gasteiger partial charge in [-0.25, -0.2) is 4.68 Å². The molecule has 0 fully saturated rings. The third kappa shape index (κ3) is 7.05. The van der Waals surface area contributed by atoms with Crippen LogP contribution in [0.2, 0.25) is 0 Å². The Morgan fingerprint density at radius 3 is 2.66 bits per heavy atom. The lowest BCUT2D eigenvalue weighted by Crippen LogP contribution is -2.26. The molecule has 3 aromatic rings. The number of nitrogens with one attached hydrogen (secondary N) is 1. The summed E-state index contributed by atoms with van der Waals surface area (Å²) in [6, 6.07) is 17.7. The first kappa shape index (κ1) is 25.7. The SMILES string of the molecule is CCCCOc1ccc(-c2nn(-c3ccccc3)cc2/C=C(/C#N)C(=O)NCCCOC)c(C)c1. The van der Waals surface area contributed by atoms with Crippen molar-refractivity contribution in [1.29, 1.82) is 5.26 Å². The Bertz CT molecular complexity index is 1190. The summed E-state index contributed by atoms with van der Waals surface area (Å²) >= 11 is 0. The molecule has 7 nitrogen and oxygen atoms in total. The number of hydrogen-bond acceptors (Lipinski definition) is 5. The molecule has 1 amide bonds. The Labute approximate surface area is 207 Å². The summed E-state index contributed by atoms with van der Waals surface area (Å²) in [5, 5.41) is 17.3. The molecule has 0 spiro atoms. The van der Waals surface area contributed by atoms with Crippen molar-refractivity contribution in [3.8, 4) is 28.8 Å². The minimum absolute atomic E-state index is 0.0217. The predicted octanol–water partition coefficient (Wildman–Crippen LogP) is 5.09. The molecule has 0 unspecified atom stereocenters. The molecule has 1 N–H and O–H groups in total. The second-order valence-electron chi connectivity index (χ2n) is 8.16. The number of ether oxygens (including phenoxy) is 2. The van der Waals surface area contributed by atoms with E-state index in [0.29, 0.717) is 37.4 Å². The van der Waals surface area contributed by atoms with Gasteiger partial charge in [-0.15, -0.1) is 0 Å². The van der Waals surface area contributed by atoms with Gasteiger partial charge in [0.25, 0.3) is 5.91 Å². The summed E-state index contributed by atoms with van der Waals surface area (Å²) in [6.45, 7) is 5.78. The van der Waals surface area contributed by atoms with Crippen LogP contribution in [0.3, 0.4) is 0 Å². The molecule has 182 valence electrons. The molecule has 1 aromatic heterocycles. The van der Waals surface area contributed by atoms with E-state index in [1.165, 1.54) is 0 Å². The van der Waals surface area contributed by atoms with Gasteiger partial charge in [-0.05, 0) is 61.7 Å². The predicted molar refractivity (Wildman–Crippen MR) is 137 cm³/mol. The van der Waals surface area contributed by atoms with Crippen LogP contribution in [-0.2, 0) is 9.53 Å². The van der Waals surface area contributed by atoms with Crippen LogP contribution in [0.4, 0.5) is 0 Å². The van der Waals surface area contributed by atoms with Crippen molar-refractivity contribution < 1.29 is 14.3 Å². The lowest BCUT2D eigenvalue weighted by atomic mass is 10.0. The minimum atomic E-state index is -0.418. The zero-order valence-electron chi connectivity index (χ0n) is 20.6. The van der Waals surface area contributed by atoms with Crippen molar-refractivity contribution in [3.63, 3.8) is 0 Å². The maximum atomic E-state index is 12.6. The third-order valence-electron chi connectivity index (χ3n) is 5.46. The van der Waals surface area contributed by atoms with Crippen molar-refractivity contribution in [3.05, 3.63) is 71.4 Å². The number of aryl methyl sites for hydroxylation is 1. The van der Waals surface area contributed by atoms with Crippen LogP contribution in [-0.4, -0.2) is 42.6 Å². The molecular weight excluding hydrogens is 440 g/mol. The first-order valence-corrected chi connectivity index (χ1v) is 11.8. The molecular formula is C28H32N4O3. The summed E-state index contributed by atoms with van der Waals surface area (Å²) in [6.07, 6.45) is 6.18. The molecule has 3 rings (SSSR count). The second kappa shape index (κ2) is 13.1. The quantitative estimate of drug-likeness (QED) is 0.225. The number of hydrogen-bond donors (Lipinski definition) is 1. The van der Waals surface area contributed by atoms with Gasteiger partial charge in [0, 0.05) is 37.6 Å². The van der Waals surface area contributed by atoms with Gasteiger partial charge >= 0.3 is 0 Å². The van der Waals surface area contributed by atoms with Crippen molar-refractivity contribution in [2.24, 2.45) is 0 Å². The van der Waals surface area contributed by atoms with Gasteiger partial charge in [-0.2, -0.15) is 10.4 Å². The average Bonchev–Trinajstić information content (AvgIpc) is 3.29. The molecule has 2 aromatic carbocycles. The summed E-state index contributed by atoms with van der Waals surface area (Å²) in [5.74, 6) is 0.394. The first-order valence-electron chi connectivity index (χ1n) is 11.8. The first-order chi connectivity index (χ1) is 17.1. The standard InChI is InChI=1S/C28H32N4O3/c1-4-5-16-35-25-12-13-26(21(2)17-25)27-23(20-32(31-27)24-10-7-6-8-11-24)18-22(19-29)28(33)30-14-9-15-34-3/h6-8,10-13,17-18,20H,4-5,9,14-16H2,1-3H3,(H,30,33)/b22-18-. The van der Waals surface area contributed by atoms with Crippen LogP contribution in [0, 0.1) is 18.3 Å².